The third-order valence-corrected chi connectivity index (χ3v) is 7.26. The number of amides is 1. The van der Waals surface area contributed by atoms with Crippen molar-refractivity contribution in [1.82, 2.24) is 20.3 Å². The first-order chi connectivity index (χ1) is 18.1. The average Bonchev–Trinajstić information content (AvgIpc) is 2.94. The lowest BCUT2D eigenvalue weighted by Crippen LogP contribution is -2.55. The number of anilines is 2. The third-order valence-electron chi connectivity index (χ3n) is 7.26. The second-order valence-corrected chi connectivity index (χ2v) is 9.85. The van der Waals surface area contributed by atoms with Crippen LogP contribution < -0.4 is 21.3 Å². The van der Waals surface area contributed by atoms with Gasteiger partial charge in [-0.3, -0.25) is 4.79 Å². The molecule has 2 fully saturated rings. The number of nitriles is 1. The van der Waals surface area contributed by atoms with Crippen molar-refractivity contribution in [2.45, 2.75) is 56.7 Å². The van der Waals surface area contributed by atoms with Gasteiger partial charge in [-0.15, -0.1) is 0 Å². The van der Waals surface area contributed by atoms with Gasteiger partial charge in [-0.2, -0.15) is 5.26 Å². The van der Waals surface area contributed by atoms with Crippen LogP contribution >= 0.6 is 0 Å². The summed E-state index contributed by atoms with van der Waals surface area (Å²) in [5.74, 6) is 1.08. The molecule has 3 heterocycles. The predicted octanol–water partition coefficient (Wildman–Crippen LogP) is 3.49. The lowest BCUT2D eigenvalue weighted by Gasteiger charge is -2.39. The van der Waals surface area contributed by atoms with Crippen LogP contribution in [0.4, 0.5) is 11.8 Å². The standard InChI is InChI=1S/C28H32N8O/c29-15-19-16-32-28(33-17-19)36-12-4-7-23(18-36)34-24-8-1-2-9-25(24)35-26-14-21(10-11-31-26)20-5-3-6-22(13-20)27(30)37/h3,5-6,10-11,13-14,16-17,23-25,34H,1-2,4,7-9,12,18H2,(H2,30,37)(H,31,35)/t23-,24+,25+/m0/s1. The van der Waals surface area contributed by atoms with Gasteiger partial charge < -0.3 is 21.3 Å². The maximum absolute atomic E-state index is 11.6. The number of nitrogens with one attached hydrogen (secondary N) is 2. The molecule has 3 atom stereocenters. The van der Waals surface area contributed by atoms with Crippen LogP contribution in [-0.4, -0.2) is 52.1 Å². The van der Waals surface area contributed by atoms with E-state index < -0.39 is 5.91 Å². The van der Waals surface area contributed by atoms with Gasteiger partial charge in [0.15, 0.2) is 0 Å². The Morgan fingerprint density at radius 3 is 2.57 bits per heavy atom. The van der Waals surface area contributed by atoms with E-state index in [4.69, 9.17) is 11.0 Å². The number of pyridine rings is 1. The minimum Gasteiger partial charge on any atom is -0.366 e. The van der Waals surface area contributed by atoms with E-state index >= 15 is 0 Å². The minimum absolute atomic E-state index is 0.273. The molecule has 5 rings (SSSR count). The van der Waals surface area contributed by atoms with Gasteiger partial charge >= 0.3 is 0 Å². The minimum atomic E-state index is -0.433. The van der Waals surface area contributed by atoms with Crippen molar-refractivity contribution in [2.24, 2.45) is 5.73 Å². The maximum atomic E-state index is 11.6. The number of aromatic nitrogens is 3. The van der Waals surface area contributed by atoms with E-state index in [0.29, 0.717) is 29.2 Å². The lowest BCUT2D eigenvalue weighted by atomic mass is 9.89. The normalized spacial score (nSPS) is 21.7. The first kappa shape index (κ1) is 24.7. The largest absolute Gasteiger partial charge is 0.366 e. The van der Waals surface area contributed by atoms with Crippen LogP contribution in [-0.2, 0) is 0 Å². The van der Waals surface area contributed by atoms with Crippen molar-refractivity contribution in [3.8, 4) is 17.2 Å². The fraction of sp³-hybridized carbons (Fsp3) is 0.393. The summed E-state index contributed by atoms with van der Waals surface area (Å²) in [4.78, 5) is 27.2. The summed E-state index contributed by atoms with van der Waals surface area (Å²) in [6.07, 6.45) is 11.7. The molecule has 0 bridgehead atoms. The van der Waals surface area contributed by atoms with Gasteiger partial charge in [-0.05, 0) is 61.1 Å². The number of carbonyl (C=O) groups is 1. The van der Waals surface area contributed by atoms with Gasteiger partial charge in [-0.1, -0.05) is 25.0 Å². The zero-order valence-corrected chi connectivity index (χ0v) is 20.8. The molecule has 9 heteroatoms. The molecule has 1 saturated heterocycles. The van der Waals surface area contributed by atoms with E-state index in [-0.39, 0.29) is 6.04 Å². The molecule has 1 aliphatic carbocycles. The highest BCUT2D eigenvalue weighted by molar-refractivity contribution is 5.94. The van der Waals surface area contributed by atoms with Crippen molar-refractivity contribution in [3.63, 3.8) is 0 Å². The van der Waals surface area contributed by atoms with Gasteiger partial charge in [0, 0.05) is 43.0 Å². The van der Waals surface area contributed by atoms with E-state index in [1.807, 2.05) is 30.3 Å². The maximum Gasteiger partial charge on any atom is 0.248 e. The first-order valence-electron chi connectivity index (χ1n) is 12.9. The molecule has 0 radical (unpaired) electrons. The number of piperidine rings is 1. The number of primary amides is 1. The molecule has 1 aliphatic heterocycles. The lowest BCUT2D eigenvalue weighted by molar-refractivity contribution is 0.100. The molecule has 9 nitrogen and oxygen atoms in total. The highest BCUT2D eigenvalue weighted by Crippen LogP contribution is 2.27. The van der Waals surface area contributed by atoms with Gasteiger partial charge in [0.2, 0.25) is 11.9 Å². The molecule has 37 heavy (non-hydrogen) atoms. The molecule has 190 valence electrons. The van der Waals surface area contributed by atoms with Crippen LogP contribution in [0.25, 0.3) is 11.1 Å². The Kier molecular flexibility index (Phi) is 7.57. The number of rotatable bonds is 7. The van der Waals surface area contributed by atoms with Crippen LogP contribution in [0.1, 0.15) is 54.4 Å². The van der Waals surface area contributed by atoms with Gasteiger partial charge in [-0.25, -0.2) is 15.0 Å². The summed E-state index contributed by atoms with van der Waals surface area (Å²) in [7, 11) is 0. The number of hydrogen-bond donors (Lipinski definition) is 3. The zero-order chi connectivity index (χ0) is 25.6. The van der Waals surface area contributed by atoms with Crippen LogP contribution in [0.3, 0.4) is 0 Å². The Labute approximate surface area is 217 Å². The first-order valence-corrected chi connectivity index (χ1v) is 12.9. The van der Waals surface area contributed by atoms with Gasteiger partial charge in [0.05, 0.1) is 18.0 Å². The monoisotopic (exact) mass is 496 g/mol. The molecule has 4 N–H and O–H groups in total. The van der Waals surface area contributed by atoms with Crippen LogP contribution in [0.2, 0.25) is 0 Å². The third kappa shape index (κ3) is 6.04. The molecule has 1 aromatic carbocycles. The summed E-state index contributed by atoms with van der Waals surface area (Å²) in [5, 5.41) is 16.6. The zero-order valence-electron chi connectivity index (χ0n) is 20.8. The van der Waals surface area contributed by atoms with Gasteiger partial charge in [0.25, 0.3) is 0 Å². The highest BCUT2D eigenvalue weighted by atomic mass is 16.1. The number of nitrogens with zero attached hydrogens (tertiary/aromatic N) is 5. The summed E-state index contributed by atoms with van der Waals surface area (Å²) in [6, 6.07) is 14.4. The molecular formula is C28H32N8O. The van der Waals surface area contributed by atoms with Crippen molar-refractivity contribution < 1.29 is 4.79 Å². The van der Waals surface area contributed by atoms with Crippen molar-refractivity contribution in [3.05, 3.63) is 66.1 Å². The highest BCUT2D eigenvalue weighted by Gasteiger charge is 2.30. The Morgan fingerprint density at radius 2 is 1.78 bits per heavy atom. The molecule has 2 aromatic heterocycles. The molecule has 1 saturated carbocycles. The second-order valence-electron chi connectivity index (χ2n) is 9.85. The molecule has 1 amide bonds. The van der Waals surface area contributed by atoms with E-state index in [2.05, 4.69) is 36.6 Å². The summed E-state index contributed by atoms with van der Waals surface area (Å²) in [6.45, 7) is 1.77. The van der Waals surface area contributed by atoms with Crippen LogP contribution in [0.5, 0.6) is 0 Å². The fourth-order valence-corrected chi connectivity index (χ4v) is 5.37. The Morgan fingerprint density at radius 1 is 1.00 bits per heavy atom. The summed E-state index contributed by atoms with van der Waals surface area (Å²) >= 11 is 0. The van der Waals surface area contributed by atoms with Crippen molar-refractivity contribution >= 4 is 17.7 Å². The van der Waals surface area contributed by atoms with E-state index in [1.165, 1.54) is 12.8 Å². The van der Waals surface area contributed by atoms with Crippen molar-refractivity contribution in [2.75, 3.05) is 23.3 Å². The molecule has 3 aromatic rings. The second kappa shape index (κ2) is 11.4. The Balaban J connectivity index is 1.25. The topological polar surface area (TPSA) is 133 Å². The molecule has 0 spiro atoms. The van der Waals surface area contributed by atoms with Gasteiger partial charge in [0.1, 0.15) is 11.9 Å². The quantitative estimate of drug-likeness (QED) is 0.453. The molecular weight excluding hydrogens is 464 g/mol. The Hall–Kier alpha value is -4.03. The van der Waals surface area contributed by atoms with E-state index in [9.17, 15) is 4.79 Å². The van der Waals surface area contributed by atoms with Crippen LogP contribution in [0.15, 0.2) is 55.0 Å². The average molecular weight is 497 g/mol. The number of hydrogen-bond acceptors (Lipinski definition) is 8. The smallest absolute Gasteiger partial charge is 0.248 e. The molecule has 0 unspecified atom stereocenters. The number of nitrogens with two attached hydrogens (primary N) is 1. The van der Waals surface area contributed by atoms with Crippen LogP contribution in [0, 0.1) is 11.3 Å². The Bertz CT molecular complexity index is 1270. The predicted molar refractivity (Wildman–Crippen MR) is 143 cm³/mol. The van der Waals surface area contributed by atoms with E-state index in [1.54, 1.807) is 24.7 Å². The molecule has 2 aliphatic rings. The number of carbonyl (C=O) groups excluding carboxylic acids is 1. The van der Waals surface area contributed by atoms with Crippen molar-refractivity contribution in [1.29, 1.82) is 5.26 Å². The van der Waals surface area contributed by atoms with E-state index in [0.717, 1.165) is 55.7 Å². The summed E-state index contributed by atoms with van der Waals surface area (Å²) < 4.78 is 0. The fourth-order valence-electron chi connectivity index (χ4n) is 5.37. The summed E-state index contributed by atoms with van der Waals surface area (Å²) in [5.41, 5.74) is 8.37. The SMILES string of the molecule is N#Cc1cnc(N2CCC[C@H](N[C@@H]3CCCC[C@H]3Nc3cc(-c4cccc(C(N)=O)c4)ccn3)C2)nc1. The number of benzene rings is 1.